The van der Waals surface area contributed by atoms with Crippen molar-refractivity contribution in [2.75, 3.05) is 11.4 Å². The quantitative estimate of drug-likeness (QED) is 0.558. The van der Waals surface area contributed by atoms with Crippen molar-refractivity contribution in [3.05, 3.63) is 77.0 Å². The third-order valence-corrected chi connectivity index (χ3v) is 6.78. The number of hydrogen-bond donors (Lipinski definition) is 1. The number of piperidine rings is 1. The van der Waals surface area contributed by atoms with Crippen LogP contribution in [0.4, 0.5) is 10.5 Å². The molecule has 1 aromatic heterocycles. The molecule has 1 N–H and O–H groups in total. The Morgan fingerprint density at radius 3 is 2.48 bits per heavy atom. The number of amides is 4. The van der Waals surface area contributed by atoms with E-state index in [9.17, 15) is 14.4 Å². The maximum atomic E-state index is 13.1. The van der Waals surface area contributed by atoms with Gasteiger partial charge >= 0.3 is 6.03 Å². The summed E-state index contributed by atoms with van der Waals surface area (Å²) < 4.78 is 5.79. The van der Waals surface area contributed by atoms with Gasteiger partial charge < -0.3 is 15.0 Å². The fourth-order valence-electron chi connectivity index (χ4n) is 4.31. The zero-order valence-electron chi connectivity index (χ0n) is 17.8. The van der Waals surface area contributed by atoms with Gasteiger partial charge in [0.15, 0.2) is 0 Å². The first-order valence-electron chi connectivity index (χ1n) is 10.9. The lowest BCUT2D eigenvalue weighted by molar-refractivity contribution is -0.124. The normalized spacial score (nSPS) is 20.0. The second kappa shape index (κ2) is 9.07. The topological polar surface area (TPSA) is 79.0 Å². The van der Waals surface area contributed by atoms with Crippen LogP contribution in [0.2, 0.25) is 0 Å². The van der Waals surface area contributed by atoms with Crippen molar-refractivity contribution < 1.29 is 19.1 Å². The van der Waals surface area contributed by atoms with Gasteiger partial charge in [0, 0.05) is 17.5 Å². The molecule has 7 nitrogen and oxygen atoms in total. The van der Waals surface area contributed by atoms with Crippen molar-refractivity contribution in [2.45, 2.75) is 31.3 Å². The molecule has 0 spiro atoms. The molecule has 2 aromatic carbocycles. The molecule has 0 bridgehead atoms. The van der Waals surface area contributed by atoms with Crippen LogP contribution in [0.3, 0.4) is 0 Å². The molecule has 0 radical (unpaired) electrons. The highest BCUT2D eigenvalue weighted by molar-refractivity contribution is 7.10. The first-order chi connectivity index (χ1) is 16.1. The van der Waals surface area contributed by atoms with Gasteiger partial charge in [0.2, 0.25) is 5.91 Å². The molecule has 2 atom stereocenters. The van der Waals surface area contributed by atoms with Crippen molar-refractivity contribution >= 4 is 34.9 Å². The predicted octanol–water partition coefficient (Wildman–Crippen LogP) is 4.20. The van der Waals surface area contributed by atoms with E-state index in [-0.39, 0.29) is 23.9 Å². The van der Waals surface area contributed by atoms with Gasteiger partial charge in [-0.05, 0) is 60.7 Å². The summed E-state index contributed by atoms with van der Waals surface area (Å²) in [6.07, 6.45) is 1.38. The minimum atomic E-state index is -0.557. The highest BCUT2D eigenvalue weighted by Gasteiger charge is 2.48. The van der Waals surface area contributed by atoms with E-state index >= 15 is 0 Å². The van der Waals surface area contributed by atoms with Gasteiger partial charge in [0.25, 0.3) is 5.91 Å². The van der Waals surface area contributed by atoms with Crippen molar-refractivity contribution in [3.8, 4) is 11.5 Å². The van der Waals surface area contributed by atoms with E-state index < -0.39 is 6.04 Å². The first-order valence-corrected chi connectivity index (χ1v) is 11.8. The number of thiophene rings is 1. The summed E-state index contributed by atoms with van der Waals surface area (Å²) in [4.78, 5) is 42.3. The van der Waals surface area contributed by atoms with E-state index in [0.29, 0.717) is 43.0 Å². The number of anilines is 1. The Morgan fingerprint density at radius 1 is 1.00 bits per heavy atom. The van der Waals surface area contributed by atoms with Crippen LogP contribution in [0.15, 0.2) is 72.1 Å². The van der Waals surface area contributed by atoms with Gasteiger partial charge in [0.05, 0.1) is 12.1 Å². The lowest BCUT2D eigenvalue weighted by atomic mass is 9.97. The van der Waals surface area contributed by atoms with Gasteiger partial charge in [0.1, 0.15) is 17.5 Å². The van der Waals surface area contributed by atoms with E-state index in [1.165, 1.54) is 4.90 Å². The molecule has 0 unspecified atom stereocenters. The lowest BCUT2D eigenvalue weighted by Crippen LogP contribution is -2.50. The molecule has 2 aliphatic rings. The molecule has 168 valence electrons. The van der Waals surface area contributed by atoms with E-state index in [1.807, 2.05) is 47.8 Å². The average Bonchev–Trinajstić information content (AvgIpc) is 3.41. The number of nitrogens with zero attached hydrogens (tertiary/aromatic N) is 2. The van der Waals surface area contributed by atoms with Crippen LogP contribution in [0, 0.1) is 0 Å². The molecule has 4 amide bonds. The first kappa shape index (κ1) is 21.2. The second-order valence-corrected chi connectivity index (χ2v) is 9.15. The Kier molecular flexibility index (Phi) is 5.83. The van der Waals surface area contributed by atoms with Crippen LogP contribution < -0.4 is 15.0 Å². The fraction of sp³-hybridized carbons (Fsp3) is 0.240. The van der Waals surface area contributed by atoms with Gasteiger partial charge in [-0.1, -0.05) is 24.3 Å². The van der Waals surface area contributed by atoms with Crippen molar-refractivity contribution in [3.63, 3.8) is 0 Å². The molecule has 33 heavy (non-hydrogen) atoms. The molecule has 3 heterocycles. The number of fused-ring (bicyclic) bond motifs is 1. The van der Waals surface area contributed by atoms with Crippen molar-refractivity contribution in [1.82, 2.24) is 10.2 Å². The lowest BCUT2D eigenvalue weighted by Gasteiger charge is -2.32. The monoisotopic (exact) mass is 461 g/mol. The molecular weight excluding hydrogens is 438 g/mol. The van der Waals surface area contributed by atoms with Gasteiger partial charge in [-0.15, -0.1) is 11.3 Å². The third-order valence-electron chi connectivity index (χ3n) is 5.90. The number of ether oxygens (including phenoxy) is 1. The molecule has 8 heteroatoms. The summed E-state index contributed by atoms with van der Waals surface area (Å²) in [6.45, 7) is 0.435. The van der Waals surface area contributed by atoms with Crippen LogP contribution >= 0.6 is 11.3 Å². The SMILES string of the molecule is O=C(Cc1cccs1)N[C@H]1CCN2C(=O)N(c3ccc(Oc4ccccc4)cc3)C(=O)[C@@H]2C1. The number of carbonyl (C=O) groups is 3. The predicted molar refractivity (Wildman–Crippen MR) is 126 cm³/mol. The average molecular weight is 462 g/mol. The fourth-order valence-corrected chi connectivity index (χ4v) is 5.01. The molecule has 2 saturated heterocycles. The number of rotatable bonds is 6. The second-order valence-electron chi connectivity index (χ2n) is 8.12. The molecular formula is C25H23N3O4S. The molecule has 2 aliphatic heterocycles. The highest BCUT2D eigenvalue weighted by Crippen LogP contribution is 2.32. The van der Waals surface area contributed by atoms with Gasteiger partial charge in [-0.3, -0.25) is 9.59 Å². The highest BCUT2D eigenvalue weighted by atomic mass is 32.1. The van der Waals surface area contributed by atoms with E-state index in [4.69, 9.17) is 4.74 Å². The van der Waals surface area contributed by atoms with Gasteiger partial charge in [-0.25, -0.2) is 9.69 Å². The maximum Gasteiger partial charge on any atom is 0.332 e. The summed E-state index contributed by atoms with van der Waals surface area (Å²) >= 11 is 1.55. The Hall–Kier alpha value is -3.65. The van der Waals surface area contributed by atoms with E-state index in [1.54, 1.807) is 40.5 Å². The van der Waals surface area contributed by atoms with Crippen LogP contribution in [-0.4, -0.2) is 41.4 Å². The Morgan fingerprint density at radius 2 is 1.76 bits per heavy atom. The number of urea groups is 1. The summed E-state index contributed by atoms with van der Waals surface area (Å²) in [5.41, 5.74) is 0.512. The number of carbonyl (C=O) groups excluding carboxylic acids is 3. The molecule has 0 aliphatic carbocycles. The number of para-hydroxylation sites is 1. The smallest absolute Gasteiger partial charge is 0.332 e. The van der Waals surface area contributed by atoms with Crippen LogP contribution in [0.25, 0.3) is 0 Å². The van der Waals surface area contributed by atoms with E-state index in [0.717, 1.165) is 4.88 Å². The Bertz CT molecular complexity index is 1150. The summed E-state index contributed by atoms with van der Waals surface area (Å²) in [7, 11) is 0. The zero-order valence-corrected chi connectivity index (χ0v) is 18.7. The summed E-state index contributed by atoms with van der Waals surface area (Å²) in [6, 6.07) is 19.2. The van der Waals surface area contributed by atoms with Crippen molar-refractivity contribution in [2.24, 2.45) is 0 Å². The van der Waals surface area contributed by atoms with Crippen LogP contribution in [-0.2, 0) is 16.0 Å². The number of hydrogen-bond acceptors (Lipinski definition) is 5. The number of nitrogens with one attached hydrogen (secondary N) is 1. The van der Waals surface area contributed by atoms with Crippen molar-refractivity contribution in [1.29, 1.82) is 0 Å². The summed E-state index contributed by atoms with van der Waals surface area (Å²) in [5.74, 6) is 1.02. The zero-order chi connectivity index (χ0) is 22.8. The van der Waals surface area contributed by atoms with E-state index in [2.05, 4.69) is 5.32 Å². The van der Waals surface area contributed by atoms with Crippen LogP contribution in [0.5, 0.6) is 11.5 Å². The Labute approximate surface area is 195 Å². The standard InChI is InChI=1S/C25H23N3O4S/c29-23(16-21-7-4-14-33-21)26-17-12-13-27-22(15-17)24(30)28(25(27)31)18-8-10-20(11-9-18)32-19-5-2-1-3-6-19/h1-11,14,17,22H,12-13,15-16H2,(H,26,29)/t17-,22-/m0/s1. The minimum Gasteiger partial charge on any atom is -0.457 e. The minimum absolute atomic E-state index is 0.0569. The molecule has 0 saturated carbocycles. The molecule has 5 rings (SSSR count). The van der Waals surface area contributed by atoms with Crippen LogP contribution in [0.1, 0.15) is 17.7 Å². The number of benzene rings is 2. The number of imide groups is 1. The third kappa shape index (κ3) is 4.47. The Balaban J connectivity index is 1.23. The maximum absolute atomic E-state index is 13.1. The molecule has 3 aromatic rings. The summed E-state index contributed by atoms with van der Waals surface area (Å²) in [5, 5.41) is 4.98. The van der Waals surface area contributed by atoms with Gasteiger partial charge in [-0.2, -0.15) is 0 Å². The largest absolute Gasteiger partial charge is 0.457 e. The molecule has 2 fully saturated rings.